The molecule has 1 saturated heterocycles. The minimum atomic E-state index is -0.548. The lowest BCUT2D eigenvalue weighted by Gasteiger charge is -2.34. The van der Waals surface area contributed by atoms with Gasteiger partial charge in [0.25, 0.3) is 5.91 Å². The number of imide groups is 1. The van der Waals surface area contributed by atoms with Crippen LogP contribution in [0, 0.1) is 5.92 Å². The maximum atomic E-state index is 12.9. The van der Waals surface area contributed by atoms with Gasteiger partial charge in [-0.25, -0.2) is 0 Å². The van der Waals surface area contributed by atoms with Crippen LogP contribution in [0.3, 0.4) is 0 Å². The number of piperidine rings is 1. The number of nitrogens with zero attached hydrogens (tertiary/aromatic N) is 1. The summed E-state index contributed by atoms with van der Waals surface area (Å²) in [7, 11) is 0. The second-order valence-corrected chi connectivity index (χ2v) is 9.22. The summed E-state index contributed by atoms with van der Waals surface area (Å²) in [6, 6.07) is 6.72. The van der Waals surface area contributed by atoms with Gasteiger partial charge in [-0.3, -0.25) is 19.7 Å². The molecule has 4 atom stereocenters. The quantitative estimate of drug-likeness (QED) is 0.706. The first kappa shape index (κ1) is 21.0. The van der Waals surface area contributed by atoms with Crippen LogP contribution < -0.4 is 10.6 Å². The van der Waals surface area contributed by atoms with Gasteiger partial charge in [-0.2, -0.15) is 0 Å². The summed E-state index contributed by atoms with van der Waals surface area (Å²) >= 11 is 0. The molecule has 1 aromatic rings. The van der Waals surface area contributed by atoms with Gasteiger partial charge >= 0.3 is 0 Å². The number of nitrogens with one attached hydrogen (secondary N) is 2. The molecule has 2 heterocycles. The summed E-state index contributed by atoms with van der Waals surface area (Å²) in [5, 5.41) is 6.19. The van der Waals surface area contributed by atoms with Crippen LogP contribution in [0.2, 0.25) is 0 Å². The fraction of sp³-hybridized carbons (Fsp3) is 0.625. The molecule has 1 saturated carbocycles. The summed E-state index contributed by atoms with van der Waals surface area (Å²) in [6.45, 7) is 4.94. The molecule has 30 heavy (non-hydrogen) atoms. The Labute approximate surface area is 178 Å². The first-order valence-electron chi connectivity index (χ1n) is 11.5. The number of hydrogen-bond donors (Lipinski definition) is 2. The van der Waals surface area contributed by atoms with E-state index in [1.165, 1.54) is 31.2 Å². The van der Waals surface area contributed by atoms with E-state index < -0.39 is 6.04 Å². The molecule has 3 amide bonds. The van der Waals surface area contributed by atoms with Crippen LogP contribution in [0.15, 0.2) is 18.2 Å². The molecule has 6 heteroatoms. The smallest absolute Gasteiger partial charge is 0.255 e. The second kappa shape index (κ2) is 8.88. The SMILES string of the molecule is CCC(C)N[C@H]1CCCC[C@@H]1Cc1ccc2c(c1)CN(C1CCC(=O)NC1=O)C2=O. The molecule has 0 spiro atoms. The van der Waals surface area contributed by atoms with Crippen molar-refractivity contribution in [3.63, 3.8) is 0 Å². The van der Waals surface area contributed by atoms with E-state index in [0.717, 1.165) is 18.4 Å². The Balaban J connectivity index is 1.46. The van der Waals surface area contributed by atoms with Crippen molar-refractivity contribution in [1.29, 1.82) is 0 Å². The van der Waals surface area contributed by atoms with Crippen molar-refractivity contribution in [1.82, 2.24) is 15.5 Å². The number of hydrogen-bond acceptors (Lipinski definition) is 4. The molecule has 0 aromatic heterocycles. The zero-order valence-electron chi connectivity index (χ0n) is 18.1. The van der Waals surface area contributed by atoms with Crippen molar-refractivity contribution < 1.29 is 14.4 Å². The van der Waals surface area contributed by atoms with E-state index in [0.29, 0.717) is 36.5 Å². The molecule has 4 rings (SSSR count). The fourth-order valence-electron chi connectivity index (χ4n) is 5.21. The van der Waals surface area contributed by atoms with Crippen LogP contribution in [-0.4, -0.2) is 40.7 Å². The maximum Gasteiger partial charge on any atom is 0.255 e. The molecule has 6 nitrogen and oxygen atoms in total. The normalized spacial score (nSPS) is 27.7. The molecule has 1 aliphatic carbocycles. The zero-order valence-corrected chi connectivity index (χ0v) is 18.1. The van der Waals surface area contributed by atoms with Crippen molar-refractivity contribution in [3.05, 3.63) is 34.9 Å². The third-order valence-corrected chi connectivity index (χ3v) is 7.11. The average molecular weight is 412 g/mol. The second-order valence-electron chi connectivity index (χ2n) is 9.22. The lowest BCUT2D eigenvalue weighted by Crippen LogP contribution is -2.52. The van der Waals surface area contributed by atoms with E-state index in [2.05, 4.69) is 36.6 Å². The van der Waals surface area contributed by atoms with E-state index >= 15 is 0 Å². The monoisotopic (exact) mass is 411 g/mol. The van der Waals surface area contributed by atoms with Gasteiger partial charge in [-0.05, 0) is 62.1 Å². The lowest BCUT2D eigenvalue weighted by atomic mass is 9.80. The number of carbonyl (C=O) groups is 3. The number of carbonyl (C=O) groups excluding carboxylic acids is 3. The van der Waals surface area contributed by atoms with E-state index in [1.807, 2.05) is 6.07 Å². The van der Waals surface area contributed by atoms with Gasteiger partial charge in [0.05, 0.1) is 0 Å². The standard InChI is InChI=1S/C24H33N3O3/c1-3-15(2)25-20-7-5-4-6-17(20)12-16-8-9-19-18(13-16)14-27(24(19)30)21-10-11-22(28)26-23(21)29/h8-9,13,15,17,20-21,25H,3-7,10-12,14H2,1-2H3,(H,26,28,29)/t15?,17-,20+,21?/m1/s1. The summed E-state index contributed by atoms with van der Waals surface area (Å²) in [5.41, 5.74) is 2.97. The molecule has 3 aliphatic rings. The molecule has 0 radical (unpaired) electrons. The number of fused-ring (bicyclic) bond motifs is 1. The van der Waals surface area contributed by atoms with Gasteiger partial charge in [0, 0.05) is 30.6 Å². The number of benzene rings is 1. The Hall–Kier alpha value is -2.21. The largest absolute Gasteiger partial charge is 0.322 e. The summed E-state index contributed by atoms with van der Waals surface area (Å²) < 4.78 is 0. The first-order valence-corrected chi connectivity index (χ1v) is 11.5. The van der Waals surface area contributed by atoms with Crippen LogP contribution in [-0.2, 0) is 22.6 Å². The lowest BCUT2D eigenvalue weighted by molar-refractivity contribution is -0.136. The minimum absolute atomic E-state index is 0.0972. The molecule has 2 unspecified atom stereocenters. The Bertz CT molecular complexity index is 837. The Morgan fingerprint density at radius 3 is 2.73 bits per heavy atom. The van der Waals surface area contributed by atoms with Gasteiger partial charge < -0.3 is 10.2 Å². The van der Waals surface area contributed by atoms with Crippen molar-refractivity contribution in [3.8, 4) is 0 Å². The summed E-state index contributed by atoms with van der Waals surface area (Å²) in [4.78, 5) is 38.2. The molecule has 1 aromatic carbocycles. The minimum Gasteiger partial charge on any atom is -0.322 e. The average Bonchev–Trinajstić information content (AvgIpc) is 3.05. The highest BCUT2D eigenvalue weighted by atomic mass is 16.2. The van der Waals surface area contributed by atoms with E-state index in [1.54, 1.807) is 4.90 Å². The van der Waals surface area contributed by atoms with Crippen molar-refractivity contribution in [2.45, 2.75) is 89.9 Å². The highest BCUT2D eigenvalue weighted by Crippen LogP contribution is 2.32. The molecular weight excluding hydrogens is 378 g/mol. The molecule has 162 valence electrons. The van der Waals surface area contributed by atoms with E-state index in [9.17, 15) is 14.4 Å². The van der Waals surface area contributed by atoms with Gasteiger partial charge in [0.15, 0.2) is 0 Å². The number of rotatable bonds is 6. The zero-order chi connectivity index (χ0) is 21.3. The van der Waals surface area contributed by atoms with Gasteiger partial charge in [-0.15, -0.1) is 0 Å². The van der Waals surface area contributed by atoms with Crippen molar-refractivity contribution in [2.75, 3.05) is 0 Å². The van der Waals surface area contributed by atoms with Crippen LogP contribution in [0.25, 0.3) is 0 Å². The fourth-order valence-corrected chi connectivity index (χ4v) is 5.21. The van der Waals surface area contributed by atoms with Crippen LogP contribution in [0.4, 0.5) is 0 Å². The highest BCUT2D eigenvalue weighted by molar-refractivity contribution is 6.05. The molecular formula is C24H33N3O3. The predicted molar refractivity (Wildman–Crippen MR) is 115 cm³/mol. The van der Waals surface area contributed by atoms with Crippen LogP contribution in [0.5, 0.6) is 0 Å². The molecule has 2 N–H and O–H groups in total. The predicted octanol–water partition coefficient (Wildman–Crippen LogP) is 2.94. The molecule has 2 aliphatic heterocycles. The molecule has 2 fully saturated rings. The summed E-state index contributed by atoms with van der Waals surface area (Å²) in [5.74, 6) is -0.0845. The van der Waals surface area contributed by atoms with Gasteiger partial charge in [0.1, 0.15) is 6.04 Å². The third-order valence-electron chi connectivity index (χ3n) is 7.11. The van der Waals surface area contributed by atoms with Crippen molar-refractivity contribution >= 4 is 17.7 Å². The first-order chi connectivity index (χ1) is 14.5. The van der Waals surface area contributed by atoms with Crippen LogP contribution >= 0.6 is 0 Å². The van der Waals surface area contributed by atoms with E-state index in [4.69, 9.17) is 0 Å². The topological polar surface area (TPSA) is 78.5 Å². The van der Waals surface area contributed by atoms with Crippen molar-refractivity contribution in [2.24, 2.45) is 5.92 Å². The van der Waals surface area contributed by atoms with E-state index in [-0.39, 0.29) is 24.1 Å². The third kappa shape index (κ3) is 4.29. The van der Waals surface area contributed by atoms with Crippen LogP contribution in [0.1, 0.15) is 80.3 Å². The maximum absolute atomic E-state index is 12.9. The molecule has 0 bridgehead atoms. The summed E-state index contributed by atoms with van der Waals surface area (Å²) in [6.07, 6.45) is 7.92. The van der Waals surface area contributed by atoms with Gasteiger partial charge in [-0.1, -0.05) is 31.9 Å². The Morgan fingerprint density at radius 1 is 1.17 bits per heavy atom. The highest BCUT2D eigenvalue weighted by Gasteiger charge is 2.39. The Kier molecular flexibility index (Phi) is 6.23. The Morgan fingerprint density at radius 2 is 1.97 bits per heavy atom. The van der Waals surface area contributed by atoms with Gasteiger partial charge in [0.2, 0.25) is 11.8 Å². The number of amides is 3.